The van der Waals surface area contributed by atoms with Gasteiger partial charge in [0.05, 0.1) is 0 Å². The summed E-state index contributed by atoms with van der Waals surface area (Å²) in [6.45, 7) is 5.47. The third-order valence-electron chi connectivity index (χ3n) is 2.81. The second kappa shape index (κ2) is 6.02. The van der Waals surface area contributed by atoms with Gasteiger partial charge in [-0.15, -0.1) is 12.3 Å². The average molecular weight is 195 g/mol. The summed E-state index contributed by atoms with van der Waals surface area (Å²) in [4.78, 5) is 4.80. The van der Waals surface area contributed by atoms with E-state index in [-0.39, 0.29) is 0 Å². The van der Waals surface area contributed by atoms with Crippen molar-refractivity contribution in [2.24, 2.45) is 0 Å². The van der Waals surface area contributed by atoms with E-state index >= 15 is 0 Å². The summed E-state index contributed by atoms with van der Waals surface area (Å²) in [5.74, 6) is 2.64. The van der Waals surface area contributed by atoms with Gasteiger partial charge in [-0.2, -0.15) is 0 Å². The summed E-state index contributed by atoms with van der Waals surface area (Å²) >= 11 is 0. The molecule has 1 aliphatic heterocycles. The average Bonchev–Trinajstić information content (AvgIpc) is 2.18. The molecule has 1 heterocycles. The monoisotopic (exact) mass is 195 g/mol. The maximum Gasteiger partial charge on any atom is 0.0345 e. The van der Waals surface area contributed by atoms with Crippen molar-refractivity contribution in [1.82, 2.24) is 15.1 Å². The molecule has 0 saturated carbocycles. The van der Waals surface area contributed by atoms with Crippen LogP contribution in [0.1, 0.15) is 6.42 Å². The molecule has 1 atom stereocenters. The van der Waals surface area contributed by atoms with Crippen molar-refractivity contribution in [3.05, 3.63) is 0 Å². The largest absolute Gasteiger partial charge is 0.314 e. The normalized spacial score (nSPS) is 24.8. The number of terminal acetylenes is 1. The highest BCUT2D eigenvalue weighted by Gasteiger charge is 2.21. The lowest BCUT2D eigenvalue weighted by molar-refractivity contribution is 0.114. The first-order chi connectivity index (χ1) is 6.74. The molecule has 1 saturated heterocycles. The highest BCUT2D eigenvalue weighted by molar-refractivity contribution is 4.85. The van der Waals surface area contributed by atoms with Gasteiger partial charge >= 0.3 is 0 Å². The Labute approximate surface area is 87.5 Å². The van der Waals surface area contributed by atoms with Crippen molar-refractivity contribution < 1.29 is 0 Å². The Morgan fingerprint density at radius 2 is 2.21 bits per heavy atom. The van der Waals surface area contributed by atoms with E-state index in [1.807, 2.05) is 0 Å². The van der Waals surface area contributed by atoms with Crippen molar-refractivity contribution in [3.8, 4) is 12.3 Å². The van der Waals surface area contributed by atoms with E-state index in [4.69, 9.17) is 6.42 Å². The molecule has 1 rings (SSSR count). The van der Waals surface area contributed by atoms with Crippen LogP contribution >= 0.6 is 0 Å². The lowest BCUT2D eigenvalue weighted by atomic mass is 10.2. The summed E-state index contributed by atoms with van der Waals surface area (Å²) in [6.07, 6.45) is 6.01. The van der Waals surface area contributed by atoms with Gasteiger partial charge < -0.3 is 10.2 Å². The van der Waals surface area contributed by atoms with Crippen LogP contribution in [0.3, 0.4) is 0 Å². The fourth-order valence-corrected chi connectivity index (χ4v) is 1.75. The summed E-state index contributed by atoms with van der Waals surface area (Å²) < 4.78 is 0. The van der Waals surface area contributed by atoms with Gasteiger partial charge in [-0.05, 0) is 14.1 Å². The van der Waals surface area contributed by atoms with Gasteiger partial charge in [-0.25, -0.2) is 0 Å². The number of hydrogen-bond donors (Lipinski definition) is 1. The highest BCUT2D eigenvalue weighted by Crippen LogP contribution is 2.04. The molecule has 14 heavy (non-hydrogen) atoms. The Kier molecular flexibility index (Phi) is 4.95. The molecule has 1 unspecified atom stereocenters. The van der Waals surface area contributed by atoms with Crippen molar-refractivity contribution in [2.45, 2.75) is 12.5 Å². The van der Waals surface area contributed by atoms with Crippen molar-refractivity contribution >= 4 is 0 Å². The van der Waals surface area contributed by atoms with Crippen LogP contribution in [0.2, 0.25) is 0 Å². The molecule has 0 aromatic heterocycles. The van der Waals surface area contributed by atoms with Crippen LogP contribution in [-0.4, -0.2) is 62.7 Å². The van der Waals surface area contributed by atoms with Crippen molar-refractivity contribution in [3.63, 3.8) is 0 Å². The van der Waals surface area contributed by atoms with E-state index in [0.29, 0.717) is 6.04 Å². The van der Waals surface area contributed by atoms with E-state index in [1.165, 1.54) is 6.54 Å². The molecule has 0 spiro atoms. The van der Waals surface area contributed by atoms with Gasteiger partial charge in [0.15, 0.2) is 0 Å². The van der Waals surface area contributed by atoms with Crippen LogP contribution in [0.15, 0.2) is 0 Å². The number of nitrogens with one attached hydrogen (secondary N) is 1. The minimum Gasteiger partial charge on any atom is -0.314 e. The summed E-state index contributed by atoms with van der Waals surface area (Å²) in [5, 5.41) is 3.40. The maximum absolute atomic E-state index is 5.19. The second-order valence-corrected chi connectivity index (χ2v) is 4.05. The smallest absolute Gasteiger partial charge is 0.0345 e. The van der Waals surface area contributed by atoms with Gasteiger partial charge in [-0.1, -0.05) is 0 Å². The molecule has 0 amide bonds. The number of piperazine rings is 1. The van der Waals surface area contributed by atoms with E-state index in [9.17, 15) is 0 Å². The van der Waals surface area contributed by atoms with Crippen molar-refractivity contribution in [1.29, 1.82) is 0 Å². The summed E-state index contributed by atoms with van der Waals surface area (Å²) in [5.41, 5.74) is 0. The molecule has 3 nitrogen and oxygen atoms in total. The molecule has 0 aromatic carbocycles. The Morgan fingerprint density at radius 3 is 2.93 bits per heavy atom. The summed E-state index contributed by atoms with van der Waals surface area (Å²) in [7, 11) is 4.38. The fourth-order valence-electron chi connectivity index (χ4n) is 1.75. The zero-order valence-electron chi connectivity index (χ0n) is 9.29. The van der Waals surface area contributed by atoms with Crippen LogP contribution in [0.25, 0.3) is 0 Å². The Hall–Kier alpha value is -0.560. The molecule has 0 aromatic rings. The number of likely N-dealkylation sites (N-methyl/N-ethyl adjacent to an activating group) is 2. The van der Waals surface area contributed by atoms with E-state index in [1.54, 1.807) is 0 Å². The topological polar surface area (TPSA) is 18.5 Å². The van der Waals surface area contributed by atoms with Crippen molar-refractivity contribution in [2.75, 3.05) is 46.8 Å². The van der Waals surface area contributed by atoms with Gasteiger partial charge in [0.1, 0.15) is 0 Å². The summed E-state index contributed by atoms with van der Waals surface area (Å²) in [6, 6.07) is 0.631. The van der Waals surface area contributed by atoms with E-state index in [0.717, 1.165) is 32.6 Å². The van der Waals surface area contributed by atoms with E-state index in [2.05, 4.69) is 35.1 Å². The first-order valence-electron chi connectivity index (χ1n) is 5.27. The van der Waals surface area contributed by atoms with Crippen LogP contribution in [0, 0.1) is 12.3 Å². The quantitative estimate of drug-likeness (QED) is 0.497. The zero-order valence-corrected chi connectivity index (χ0v) is 9.29. The molecule has 1 N–H and O–H groups in total. The van der Waals surface area contributed by atoms with Crippen LogP contribution in [-0.2, 0) is 0 Å². The lowest BCUT2D eigenvalue weighted by Gasteiger charge is -2.37. The van der Waals surface area contributed by atoms with Gasteiger partial charge in [0, 0.05) is 45.2 Å². The lowest BCUT2D eigenvalue weighted by Crippen LogP contribution is -2.53. The Balaban J connectivity index is 2.18. The Bertz CT molecular complexity index is 197. The van der Waals surface area contributed by atoms with Crippen LogP contribution in [0.5, 0.6) is 0 Å². The third kappa shape index (κ3) is 3.67. The molecule has 1 fully saturated rings. The molecule has 0 aliphatic carbocycles. The highest BCUT2D eigenvalue weighted by atomic mass is 15.3. The molecular formula is C11H21N3. The van der Waals surface area contributed by atoms with Gasteiger partial charge in [-0.3, -0.25) is 4.90 Å². The zero-order chi connectivity index (χ0) is 10.4. The van der Waals surface area contributed by atoms with Crippen LogP contribution < -0.4 is 5.32 Å². The Morgan fingerprint density at radius 1 is 1.43 bits per heavy atom. The SMILES string of the molecule is C#CCCNCC1CN(C)CCN1C. The third-order valence-corrected chi connectivity index (χ3v) is 2.81. The molecular weight excluding hydrogens is 174 g/mol. The number of nitrogens with zero attached hydrogens (tertiary/aromatic N) is 2. The first kappa shape index (κ1) is 11.5. The molecule has 3 heteroatoms. The molecule has 0 bridgehead atoms. The first-order valence-corrected chi connectivity index (χ1v) is 5.27. The fraction of sp³-hybridized carbons (Fsp3) is 0.818. The minimum atomic E-state index is 0.631. The van der Waals surface area contributed by atoms with E-state index < -0.39 is 0 Å². The van der Waals surface area contributed by atoms with Crippen LogP contribution in [0.4, 0.5) is 0 Å². The van der Waals surface area contributed by atoms with Gasteiger partial charge in [0.2, 0.25) is 0 Å². The minimum absolute atomic E-state index is 0.631. The number of rotatable bonds is 4. The number of hydrogen-bond acceptors (Lipinski definition) is 3. The van der Waals surface area contributed by atoms with Gasteiger partial charge in [0.25, 0.3) is 0 Å². The predicted molar refractivity (Wildman–Crippen MR) is 60.2 cm³/mol. The maximum atomic E-state index is 5.19. The molecule has 0 radical (unpaired) electrons. The predicted octanol–water partition coefficient (Wildman–Crippen LogP) is -0.155. The second-order valence-electron chi connectivity index (χ2n) is 4.05. The molecule has 80 valence electrons. The molecule has 1 aliphatic rings. The standard InChI is InChI=1S/C11H21N3/c1-4-5-6-12-9-11-10-13(2)7-8-14(11)3/h1,11-12H,5-10H2,2-3H3.